The van der Waals surface area contributed by atoms with Crippen LogP contribution in [0.4, 0.5) is 11.5 Å². The number of aryl methyl sites for hydroxylation is 1. The summed E-state index contributed by atoms with van der Waals surface area (Å²) in [5.41, 5.74) is 6.84. The average molecular weight is 173 g/mol. The Balaban J connectivity index is 3.24. The normalized spacial score (nSPS) is 9.73. The quantitative estimate of drug-likeness (QED) is 0.622. The largest absolute Gasteiger partial charge is 0.394 e. The van der Waals surface area contributed by atoms with Gasteiger partial charge in [0.15, 0.2) is 5.82 Å². The van der Waals surface area contributed by atoms with Gasteiger partial charge in [0.25, 0.3) is 0 Å². The van der Waals surface area contributed by atoms with Crippen molar-refractivity contribution in [3.63, 3.8) is 0 Å². The minimum absolute atomic E-state index is 0.209. The number of halogens is 1. The summed E-state index contributed by atoms with van der Waals surface area (Å²) in [5, 5.41) is 3.03. The van der Waals surface area contributed by atoms with E-state index < -0.39 is 0 Å². The number of rotatable bonds is 1. The summed E-state index contributed by atoms with van der Waals surface area (Å²) in [6, 6.07) is 0. The zero-order valence-electron chi connectivity index (χ0n) is 6.35. The molecule has 1 aromatic rings. The predicted molar refractivity (Wildman–Crippen MR) is 45.7 cm³/mol. The van der Waals surface area contributed by atoms with Crippen molar-refractivity contribution < 1.29 is 0 Å². The van der Waals surface area contributed by atoms with E-state index in [0.29, 0.717) is 17.2 Å². The van der Waals surface area contributed by atoms with Gasteiger partial charge in [0, 0.05) is 7.05 Å². The molecular formula is C6H9ClN4. The smallest absolute Gasteiger partial charge is 0.224 e. The van der Waals surface area contributed by atoms with Crippen molar-refractivity contribution in [1.82, 2.24) is 9.97 Å². The van der Waals surface area contributed by atoms with E-state index >= 15 is 0 Å². The molecule has 11 heavy (non-hydrogen) atoms. The van der Waals surface area contributed by atoms with Crippen LogP contribution in [0.3, 0.4) is 0 Å². The Morgan fingerprint density at radius 2 is 2.09 bits per heavy atom. The van der Waals surface area contributed by atoms with Gasteiger partial charge in [0.2, 0.25) is 5.28 Å². The van der Waals surface area contributed by atoms with Gasteiger partial charge in [-0.25, -0.2) is 4.98 Å². The molecule has 0 aromatic carbocycles. The Morgan fingerprint density at radius 3 is 2.64 bits per heavy atom. The lowest BCUT2D eigenvalue weighted by Gasteiger charge is -2.05. The first-order chi connectivity index (χ1) is 5.15. The summed E-state index contributed by atoms with van der Waals surface area (Å²) in [7, 11) is 1.73. The highest BCUT2D eigenvalue weighted by molar-refractivity contribution is 6.28. The van der Waals surface area contributed by atoms with Gasteiger partial charge in [-0.2, -0.15) is 4.98 Å². The van der Waals surface area contributed by atoms with E-state index in [4.69, 9.17) is 17.3 Å². The summed E-state index contributed by atoms with van der Waals surface area (Å²) in [6.07, 6.45) is 0. The first-order valence-corrected chi connectivity index (χ1v) is 3.50. The first kappa shape index (κ1) is 8.07. The highest BCUT2D eigenvalue weighted by Crippen LogP contribution is 2.19. The molecule has 60 valence electrons. The Labute approximate surface area is 69.8 Å². The van der Waals surface area contributed by atoms with Crippen LogP contribution in [0.5, 0.6) is 0 Å². The fourth-order valence-corrected chi connectivity index (χ4v) is 0.949. The molecule has 0 atom stereocenters. The van der Waals surface area contributed by atoms with E-state index in [1.54, 1.807) is 14.0 Å². The zero-order chi connectivity index (χ0) is 8.43. The SMILES string of the molecule is CNc1nc(Cl)nc(C)c1N. The van der Waals surface area contributed by atoms with Crippen molar-refractivity contribution in [3.05, 3.63) is 11.0 Å². The van der Waals surface area contributed by atoms with Crippen LogP contribution >= 0.6 is 11.6 Å². The first-order valence-electron chi connectivity index (χ1n) is 3.12. The molecule has 0 bridgehead atoms. The predicted octanol–water partition coefficient (Wildman–Crippen LogP) is 1.06. The van der Waals surface area contributed by atoms with E-state index in [2.05, 4.69) is 15.3 Å². The summed E-state index contributed by atoms with van der Waals surface area (Å²) in [5.74, 6) is 0.572. The molecule has 0 aliphatic heterocycles. The minimum Gasteiger partial charge on any atom is -0.394 e. The summed E-state index contributed by atoms with van der Waals surface area (Å²) < 4.78 is 0. The molecule has 0 spiro atoms. The molecule has 0 fully saturated rings. The molecule has 0 saturated carbocycles. The Hall–Kier alpha value is -1.03. The Bertz CT molecular complexity index is 274. The van der Waals surface area contributed by atoms with Crippen LogP contribution in [-0.4, -0.2) is 17.0 Å². The van der Waals surface area contributed by atoms with Crippen molar-refractivity contribution in [2.75, 3.05) is 18.1 Å². The third kappa shape index (κ3) is 1.51. The minimum atomic E-state index is 0.209. The molecule has 5 heteroatoms. The summed E-state index contributed by atoms with van der Waals surface area (Å²) in [4.78, 5) is 7.74. The maximum atomic E-state index is 5.62. The van der Waals surface area contributed by atoms with Gasteiger partial charge in [0.1, 0.15) is 0 Å². The van der Waals surface area contributed by atoms with E-state index in [9.17, 15) is 0 Å². The fourth-order valence-electron chi connectivity index (χ4n) is 0.738. The van der Waals surface area contributed by atoms with Gasteiger partial charge < -0.3 is 11.1 Å². The number of anilines is 2. The van der Waals surface area contributed by atoms with Gasteiger partial charge in [-0.05, 0) is 18.5 Å². The van der Waals surface area contributed by atoms with Gasteiger partial charge in [-0.1, -0.05) is 0 Å². The molecule has 3 N–H and O–H groups in total. The third-order valence-electron chi connectivity index (χ3n) is 1.35. The van der Waals surface area contributed by atoms with E-state index in [-0.39, 0.29) is 5.28 Å². The highest BCUT2D eigenvalue weighted by Gasteiger charge is 2.04. The van der Waals surface area contributed by atoms with E-state index in [0.717, 1.165) is 0 Å². The lowest BCUT2D eigenvalue weighted by molar-refractivity contribution is 1.11. The number of hydrogen-bond acceptors (Lipinski definition) is 4. The van der Waals surface area contributed by atoms with Crippen LogP contribution in [0, 0.1) is 6.92 Å². The van der Waals surface area contributed by atoms with Gasteiger partial charge in [0.05, 0.1) is 11.4 Å². The van der Waals surface area contributed by atoms with Crippen LogP contribution in [0.1, 0.15) is 5.69 Å². The van der Waals surface area contributed by atoms with Gasteiger partial charge in [-0.3, -0.25) is 0 Å². The third-order valence-corrected chi connectivity index (χ3v) is 1.51. The van der Waals surface area contributed by atoms with Crippen molar-refractivity contribution in [1.29, 1.82) is 0 Å². The molecule has 0 amide bonds. The molecule has 4 nitrogen and oxygen atoms in total. The molecule has 0 saturated heterocycles. The topological polar surface area (TPSA) is 63.8 Å². The van der Waals surface area contributed by atoms with Crippen molar-refractivity contribution in [2.45, 2.75) is 6.92 Å². The molecule has 0 radical (unpaired) electrons. The second kappa shape index (κ2) is 2.92. The lowest BCUT2D eigenvalue weighted by atomic mass is 10.3. The fraction of sp³-hybridized carbons (Fsp3) is 0.333. The number of hydrogen-bond donors (Lipinski definition) is 2. The highest BCUT2D eigenvalue weighted by atomic mass is 35.5. The zero-order valence-corrected chi connectivity index (χ0v) is 7.11. The average Bonchev–Trinajstić information content (AvgIpc) is 1.96. The number of nitrogens with zero attached hydrogens (tertiary/aromatic N) is 2. The van der Waals surface area contributed by atoms with Gasteiger partial charge >= 0.3 is 0 Å². The van der Waals surface area contributed by atoms with Crippen LogP contribution in [0.25, 0.3) is 0 Å². The lowest BCUT2D eigenvalue weighted by Crippen LogP contribution is -2.03. The van der Waals surface area contributed by atoms with E-state index in [1.807, 2.05) is 0 Å². The van der Waals surface area contributed by atoms with Crippen LogP contribution in [-0.2, 0) is 0 Å². The Morgan fingerprint density at radius 1 is 1.45 bits per heavy atom. The molecule has 1 aromatic heterocycles. The van der Waals surface area contributed by atoms with E-state index in [1.165, 1.54) is 0 Å². The number of nitrogens with two attached hydrogens (primary N) is 1. The van der Waals surface area contributed by atoms with Crippen LogP contribution in [0.2, 0.25) is 5.28 Å². The van der Waals surface area contributed by atoms with Gasteiger partial charge in [-0.15, -0.1) is 0 Å². The molecule has 0 unspecified atom stereocenters. The number of nitrogens with one attached hydrogen (secondary N) is 1. The number of aromatic nitrogens is 2. The summed E-state index contributed by atoms with van der Waals surface area (Å²) >= 11 is 5.58. The number of nitrogen functional groups attached to an aromatic ring is 1. The monoisotopic (exact) mass is 172 g/mol. The second-order valence-electron chi connectivity index (χ2n) is 2.09. The summed E-state index contributed by atoms with van der Waals surface area (Å²) in [6.45, 7) is 1.78. The molecule has 0 aliphatic carbocycles. The molecular weight excluding hydrogens is 164 g/mol. The molecule has 0 aliphatic rings. The standard InChI is InChI=1S/C6H9ClN4/c1-3-4(8)5(9-2)11-6(7)10-3/h8H2,1-2H3,(H,9,10,11). The molecule has 1 rings (SSSR count). The van der Waals surface area contributed by atoms with Crippen molar-refractivity contribution in [3.8, 4) is 0 Å². The maximum absolute atomic E-state index is 5.62. The molecule has 1 heterocycles. The second-order valence-corrected chi connectivity index (χ2v) is 2.43. The Kier molecular flexibility index (Phi) is 2.14. The maximum Gasteiger partial charge on any atom is 0.224 e. The van der Waals surface area contributed by atoms with Crippen LogP contribution in [0.15, 0.2) is 0 Å². The van der Waals surface area contributed by atoms with Crippen molar-refractivity contribution >= 4 is 23.1 Å². The van der Waals surface area contributed by atoms with Crippen molar-refractivity contribution in [2.24, 2.45) is 0 Å². The van der Waals surface area contributed by atoms with Crippen LogP contribution < -0.4 is 11.1 Å².